The van der Waals surface area contributed by atoms with Crippen LogP contribution in [0.1, 0.15) is 46.0 Å². The normalized spacial score (nSPS) is 30.1. The van der Waals surface area contributed by atoms with E-state index >= 15 is 0 Å². The molecule has 4 unspecified atom stereocenters. The quantitative estimate of drug-likeness (QED) is 0.733. The molecule has 0 aromatic heterocycles. The fraction of sp³-hybridized carbons (Fsp3) is 0.933. The second-order valence-corrected chi connectivity index (χ2v) is 6.65. The Morgan fingerprint density at radius 2 is 2.17 bits per heavy atom. The average molecular weight is 268 g/mol. The van der Waals surface area contributed by atoms with Crippen LogP contribution in [0.5, 0.6) is 0 Å². The van der Waals surface area contributed by atoms with E-state index in [9.17, 15) is 5.26 Å². The molecule has 0 amide bonds. The first kappa shape index (κ1) is 15.9. The highest BCUT2D eigenvalue weighted by molar-refractivity contribution is 7.98. The van der Waals surface area contributed by atoms with E-state index in [4.69, 9.17) is 0 Å². The van der Waals surface area contributed by atoms with Crippen LogP contribution in [0.2, 0.25) is 0 Å². The number of rotatable bonds is 6. The second-order valence-electron chi connectivity index (χ2n) is 5.74. The summed E-state index contributed by atoms with van der Waals surface area (Å²) in [6, 6.07) is 3.59. The van der Waals surface area contributed by atoms with Crippen molar-refractivity contribution in [3.63, 3.8) is 0 Å². The number of nitriles is 1. The van der Waals surface area contributed by atoms with Crippen LogP contribution in [0, 0.1) is 23.2 Å². The predicted octanol–water partition coefficient (Wildman–Crippen LogP) is 3.78. The zero-order chi connectivity index (χ0) is 13.5. The van der Waals surface area contributed by atoms with Gasteiger partial charge in [0.25, 0.3) is 0 Å². The minimum Gasteiger partial charge on any atom is -0.299 e. The lowest BCUT2D eigenvalue weighted by atomic mass is 9.76. The van der Waals surface area contributed by atoms with Crippen molar-refractivity contribution in [1.82, 2.24) is 4.90 Å². The zero-order valence-electron chi connectivity index (χ0n) is 12.4. The summed E-state index contributed by atoms with van der Waals surface area (Å²) in [4.78, 5) is 2.46. The summed E-state index contributed by atoms with van der Waals surface area (Å²) in [5, 5.41) is 9.36. The molecule has 1 rings (SSSR count). The third-order valence-electron chi connectivity index (χ3n) is 4.41. The fourth-order valence-corrected chi connectivity index (χ4v) is 3.91. The number of hydrogen-bond donors (Lipinski definition) is 0. The van der Waals surface area contributed by atoms with E-state index in [0.717, 1.165) is 18.1 Å². The van der Waals surface area contributed by atoms with Gasteiger partial charge < -0.3 is 0 Å². The van der Waals surface area contributed by atoms with Gasteiger partial charge in [-0.2, -0.15) is 17.0 Å². The van der Waals surface area contributed by atoms with E-state index in [-0.39, 0.29) is 5.92 Å². The van der Waals surface area contributed by atoms with Crippen molar-refractivity contribution in [3.05, 3.63) is 0 Å². The minimum absolute atomic E-state index is 0.243. The first-order chi connectivity index (χ1) is 8.63. The first-order valence-corrected chi connectivity index (χ1v) is 8.63. The maximum Gasteiger partial charge on any atom is 0.0672 e. The molecule has 0 aromatic rings. The van der Waals surface area contributed by atoms with Gasteiger partial charge >= 0.3 is 0 Å². The van der Waals surface area contributed by atoms with Gasteiger partial charge in [0, 0.05) is 17.8 Å². The topological polar surface area (TPSA) is 27.0 Å². The average Bonchev–Trinajstić information content (AvgIpc) is 2.38. The molecule has 0 bridgehead atoms. The largest absolute Gasteiger partial charge is 0.299 e. The third kappa shape index (κ3) is 4.17. The second kappa shape index (κ2) is 8.07. The third-order valence-corrected chi connectivity index (χ3v) is 5.23. The van der Waals surface area contributed by atoms with Crippen molar-refractivity contribution in [2.24, 2.45) is 11.8 Å². The Morgan fingerprint density at radius 3 is 2.72 bits per heavy atom. The van der Waals surface area contributed by atoms with Crippen LogP contribution in [0.3, 0.4) is 0 Å². The molecule has 1 aliphatic rings. The molecule has 0 aliphatic heterocycles. The van der Waals surface area contributed by atoms with Crippen LogP contribution < -0.4 is 0 Å². The van der Waals surface area contributed by atoms with E-state index in [1.807, 2.05) is 11.8 Å². The summed E-state index contributed by atoms with van der Waals surface area (Å²) in [6.45, 7) is 4.56. The van der Waals surface area contributed by atoms with Crippen LogP contribution >= 0.6 is 11.8 Å². The molecule has 0 heterocycles. The van der Waals surface area contributed by atoms with Crippen molar-refractivity contribution in [2.45, 2.75) is 58.0 Å². The number of nitrogens with zero attached hydrogens (tertiary/aromatic N) is 2. The Labute approximate surface area is 117 Å². The van der Waals surface area contributed by atoms with Gasteiger partial charge in [-0.3, -0.25) is 4.90 Å². The molecule has 1 saturated carbocycles. The van der Waals surface area contributed by atoms with E-state index in [0.29, 0.717) is 12.1 Å². The number of thioether (sulfide) groups is 1. The van der Waals surface area contributed by atoms with Gasteiger partial charge in [0.1, 0.15) is 0 Å². The van der Waals surface area contributed by atoms with Gasteiger partial charge in [0.05, 0.1) is 12.0 Å². The molecule has 0 radical (unpaired) electrons. The number of hydrogen-bond acceptors (Lipinski definition) is 3. The zero-order valence-corrected chi connectivity index (χ0v) is 13.2. The molecule has 3 heteroatoms. The van der Waals surface area contributed by atoms with Crippen molar-refractivity contribution in [3.8, 4) is 6.07 Å². The van der Waals surface area contributed by atoms with E-state index in [1.165, 1.54) is 25.7 Å². The molecule has 2 nitrogen and oxygen atoms in total. The predicted molar refractivity (Wildman–Crippen MR) is 80.7 cm³/mol. The Balaban J connectivity index is 2.64. The molecular weight excluding hydrogens is 240 g/mol. The van der Waals surface area contributed by atoms with Crippen molar-refractivity contribution in [1.29, 1.82) is 5.26 Å². The standard InChI is InChI=1S/C15H28N2S/c1-5-6-13-7-8-14(10-16)15(9-13)17(3)12(2)11-18-4/h12-15H,5-9,11H2,1-4H3. The van der Waals surface area contributed by atoms with Crippen LogP contribution in [-0.4, -0.2) is 36.0 Å². The maximum atomic E-state index is 9.36. The smallest absolute Gasteiger partial charge is 0.0672 e. The lowest BCUT2D eigenvalue weighted by Crippen LogP contribution is -2.46. The van der Waals surface area contributed by atoms with Crippen LogP contribution in [0.15, 0.2) is 0 Å². The van der Waals surface area contributed by atoms with Gasteiger partial charge in [-0.25, -0.2) is 0 Å². The summed E-state index contributed by atoms with van der Waals surface area (Å²) < 4.78 is 0. The summed E-state index contributed by atoms with van der Waals surface area (Å²) in [6.07, 6.45) is 8.35. The lowest BCUT2D eigenvalue weighted by Gasteiger charge is -2.41. The van der Waals surface area contributed by atoms with E-state index < -0.39 is 0 Å². The van der Waals surface area contributed by atoms with Gasteiger partial charge in [-0.15, -0.1) is 0 Å². The van der Waals surface area contributed by atoms with Gasteiger partial charge in [0.15, 0.2) is 0 Å². The van der Waals surface area contributed by atoms with Crippen molar-refractivity contribution in [2.75, 3.05) is 19.1 Å². The van der Waals surface area contributed by atoms with Gasteiger partial charge in [-0.05, 0) is 45.4 Å². The molecular formula is C15H28N2S. The summed E-state index contributed by atoms with van der Waals surface area (Å²) >= 11 is 1.90. The highest BCUT2D eigenvalue weighted by atomic mass is 32.2. The molecule has 0 aromatic carbocycles. The maximum absolute atomic E-state index is 9.36. The molecule has 104 valence electrons. The highest BCUT2D eigenvalue weighted by Crippen LogP contribution is 2.34. The van der Waals surface area contributed by atoms with Gasteiger partial charge in [0.2, 0.25) is 0 Å². The van der Waals surface area contributed by atoms with E-state index in [1.54, 1.807) is 0 Å². The SMILES string of the molecule is CCCC1CCC(C#N)C(N(C)C(C)CSC)C1. The Kier molecular flexibility index (Phi) is 7.11. The molecule has 18 heavy (non-hydrogen) atoms. The Hall–Kier alpha value is -0.200. The first-order valence-electron chi connectivity index (χ1n) is 7.24. The molecule has 1 fully saturated rings. The minimum atomic E-state index is 0.243. The van der Waals surface area contributed by atoms with Crippen LogP contribution in [-0.2, 0) is 0 Å². The van der Waals surface area contributed by atoms with E-state index in [2.05, 4.69) is 38.1 Å². The molecule has 4 atom stereocenters. The molecule has 1 aliphatic carbocycles. The molecule has 0 saturated heterocycles. The Morgan fingerprint density at radius 1 is 1.44 bits per heavy atom. The summed E-state index contributed by atoms with van der Waals surface area (Å²) in [5.41, 5.74) is 0. The molecule has 0 N–H and O–H groups in total. The fourth-order valence-electron chi connectivity index (χ4n) is 3.19. The summed E-state index contributed by atoms with van der Waals surface area (Å²) in [5.74, 6) is 2.24. The molecule has 0 spiro atoms. The Bertz CT molecular complexity index is 270. The monoisotopic (exact) mass is 268 g/mol. The van der Waals surface area contributed by atoms with Gasteiger partial charge in [-0.1, -0.05) is 19.8 Å². The van der Waals surface area contributed by atoms with Crippen molar-refractivity contribution >= 4 is 11.8 Å². The van der Waals surface area contributed by atoms with Crippen LogP contribution in [0.25, 0.3) is 0 Å². The summed E-state index contributed by atoms with van der Waals surface area (Å²) in [7, 11) is 2.21. The lowest BCUT2D eigenvalue weighted by molar-refractivity contribution is 0.0984. The highest BCUT2D eigenvalue weighted by Gasteiger charge is 2.34. The van der Waals surface area contributed by atoms with Crippen molar-refractivity contribution < 1.29 is 0 Å². The van der Waals surface area contributed by atoms with Crippen LogP contribution in [0.4, 0.5) is 0 Å².